The lowest BCUT2D eigenvalue weighted by Gasteiger charge is -2.39. The van der Waals surface area contributed by atoms with Crippen molar-refractivity contribution < 1.29 is 9.90 Å². The number of rotatable bonds is 5. The van der Waals surface area contributed by atoms with Gasteiger partial charge < -0.3 is 5.11 Å². The zero-order valence-electron chi connectivity index (χ0n) is 13.8. The molecule has 0 saturated heterocycles. The molecule has 2 nitrogen and oxygen atoms in total. The highest BCUT2D eigenvalue weighted by molar-refractivity contribution is 5.81. The Kier molecular flexibility index (Phi) is 4.46. The predicted octanol–water partition coefficient (Wildman–Crippen LogP) is 5.27. The number of hydrogen-bond acceptors (Lipinski definition) is 1. The van der Waals surface area contributed by atoms with Crippen molar-refractivity contribution in [1.82, 2.24) is 0 Å². The van der Waals surface area contributed by atoms with Crippen molar-refractivity contribution in [3.05, 3.63) is 34.9 Å². The normalized spacial score (nSPS) is 24.5. The van der Waals surface area contributed by atoms with Crippen LogP contribution in [-0.4, -0.2) is 11.1 Å². The first-order chi connectivity index (χ1) is 9.77. The highest BCUT2D eigenvalue weighted by Crippen LogP contribution is 2.63. The first-order valence-corrected chi connectivity index (χ1v) is 8.05. The maximum Gasteiger partial charge on any atom is 0.328 e. The van der Waals surface area contributed by atoms with Crippen LogP contribution in [0, 0.1) is 10.8 Å². The molecule has 0 bridgehead atoms. The quantitative estimate of drug-likeness (QED) is 0.425. The molecule has 0 aliphatic heterocycles. The van der Waals surface area contributed by atoms with E-state index in [1.54, 1.807) is 11.1 Å². The molecule has 0 aromatic carbocycles. The van der Waals surface area contributed by atoms with Crippen LogP contribution < -0.4 is 0 Å². The summed E-state index contributed by atoms with van der Waals surface area (Å²) in [4.78, 5) is 10.6. The molecular formula is C19H28O2. The Morgan fingerprint density at radius 3 is 2.48 bits per heavy atom. The molecule has 116 valence electrons. The summed E-state index contributed by atoms with van der Waals surface area (Å²) in [6.07, 6.45) is 12.9. The monoisotopic (exact) mass is 288 g/mol. The lowest BCUT2D eigenvalue weighted by molar-refractivity contribution is -0.131. The fraction of sp³-hybridized carbons (Fsp3) is 0.632. The van der Waals surface area contributed by atoms with Gasteiger partial charge >= 0.3 is 5.97 Å². The van der Waals surface area contributed by atoms with Crippen molar-refractivity contribution >= 4 is 5.97 Å². The second-order valence-electron chi connectivity index (χ2n) is 7.51. The molecule has 1 fully saturated rings. The molecule has 0 unspecified atom stereocenters. The first-order valence-electron chi connectivity index (χ1n) is 8.05. The van der Waals surface area contributed by atoms with Crippen LogP contribution in [-0.2, 0) is 4.79 Å². The number of allylic oxidation sites excluding steroid dienone is 5. The molecule has 2 heteroatoms. The summed E-state index contributed by atoms with van der Waals surface area (Å²) in [5.41, 5.74) is 4.82. The van der Waals surface area contributed by atoms with Crippen molar-refractivity contribution in [1.29, 1.82) is 0 Å². The van der Waals surface area contributed by atoms with E-state index in [0.717, 1.165) is 12.0 Å². The second kappa shape index (κ2) is 5.82. The van der Waals surface area contributed by atoms with Gasteiger partial charge in [0.1, 0.15) is 0 Å². The van der Waals surface area contributed by atoms with Gasteiger partial charge in [-0.2, -0.15) is 0 Å². The van der Waals surface area contributed by atoms with Gasteiger partial charge in [0.25, 0.3) is 0 Å². The summed E-state index contributed by atoms with van der Waals surface area (Å²) in [7, 11) is 0. The van der Waals surface area contributed by atoms with Gasteiger partial charge in [-0.1, -0.05) is 37.1 Å². The largest absolute Gasteiger partial charge is 0.478 e. The van der Waals surface area contributed by atoms with E-state index in [-0.39, 0.29) is 0 Å². The Morgan fingerprint density at radius 1 is 1.29 bits per heavy atom. The lowest BCUT2D eigenvalue weighted by Crippen LogP contribution is -2.26. The third kappa shape index (κ3) is 3.66. The van der Waals surface area contributed by atoms with Crippen LogP contribution in [0.1, 0.15) is 66.2 Å². The van der Waals surface area contributed by atoms with Gasteiger partial charge in [0.15, 0.2) is 0 Å². The molecule has 0 atom stereocenters. The standard InChI is InChI=1S/C19H28O2/c1-14(13-16(20)21)7-5-10-19(11-12-19)17-15(2)8-6-9-18(17,3)4/h5,7,13H,6,8-12H2,1-4H3,(H,20,21). The van der Waals surface area contributed by atoms with Crippen molar-refractivity contribution in [3.8, 4) is 0 Å². The van der Waals surface area contributed by atoms with Crippen LogP contribution in [0.4, 0.5) is 0 Å². The van der Waals surface area contributed by atoms with E-state index in [0.29, 0.717) is 10.8 Å². The van der Waals surface area contributed by atoms with Crippen LogP contribution in [0.2, 0.25) is 0 Å². The molecule has 2 aliphatic rings. The highest BCUT2D eigenvalue weighted by Gasteiger charge is 2.50. The van der Waals surface area contributed by atoms with Crippen molar-refractivity contribution in [2.24, 2.45) is 10.8 Å². The fourth-order valence-corrected chi connectivity index (χ4v) is 4.21. The smallest absolute Gasteiger partial charge is 0.328 e. The summed E-state index contributed by atoms with van der Waals surface area (Å²) < 4.78 is 0. The molecule has 0 amide bonds. The molecule has 2 aliphatic carbocycles. The number of carboxylic acids is 1. The van der Waals surface area contributed by atoms with Crippen molar-refractivity contribution in [2.45, 2.75) is 66.2 Å². The summed E-state index contributed by atoms with van der Waals surface area (Å²) in [5.74, 6) is -0.870. The van der Waals surface area contributed by atoms with E-state index in [9.17, 15) is 4.79 Å². The number of hydrogen-bond donors (Lipinski definition) is 1. The van der Waals surface area contributed by atoms with Crippen LogP contribution >= 0.6 is 0 Å². The molecule has 0 spiro atoms. The molecule has 1 N–H and O–H groups in total. The van der Waals surface area contributed by atoms with Gasteiger partial charge in [0.2, 0.25) is 0 Å². The molecular weight excluding hydrogens is 260 g/mol. The summed E-state index contributed by atoms with van der Waals surface area (Å²) in [6.45, 7) is 8.95. The molecule has 0 aromatic rings. The highest BCUT2D eigenvalue weighted by atomic mass is 16.4. The van der Waals surface area contributed by atoms with E-state index in [2.05, 4.69) is 26.8 Å². The third-order valence-corrected chi connectivity index (χ3v) is 5.08. The fourth-order valence-electron chi connectivity index (χ4n) is 4.21. The molecule has 0 aromatic heterocycles. The number of aliphatic carboxylic acids is 1. The summed E-state index contributed by atoms with van der Waals surface area (Å²) >= 11 is 0. The third-order valence-electron chi connectivity index (χ3n) is 5.08. The number of carbonyl (C=O) groups is 1. The van der Waals surface area contributed by atoms with Gasteiger partial charge in [-0.25, -0.2) is 4.79 Å². The lowest BCUT2D eigenvalue weighted by atomic mass is 9.66. The Bertz CT molecular complexity index is 514. The first kappa shape index (κ1) is 16.1. The van der Waals surface area contributed by atoms with Crippen molar-refractivity contribution in [3.63, 3.8) is 0 Å². The van der Waals surface area contributed by atoms with Gasteiger partial charge in [-0.05, 0) is 68.8 Å². The molecule has 1 saturated carbocycles. The van der Waals surface area contributed by atoms with Gasteiger partial charge in [0.05, 0.1) is 0 Å². The Balaban J connectivity index is 2.13. The number of carboxylic acid groups (broad SMARTS) is 1. The minimum Gasteiger partial charge on any atom is -0.478 e. The van der Waals surface area contributed by atoms with Crippen LogP contribution in [0.5, 0.6) is 0 Å². The average molecular weight is 288 g/mol. The van der Waals surface area contributed by atoms with E-state index in [1.165, 1.54) is 38.2 Å². The van der Waals surface area contributed by atoms with Gasteiger partial charge in [-0.15, -0.1) is 0 Å². The maximum absolute atomic E-state index is 10.6. The Morgan fingerprint density at radius 2 is 1.95 bits per heavy atom. The average Bonchev–Trinajstić information content (AvgIpc) is 3.07. The summed E-state index contributed by atoms with van der Waals surface area (Å²) in [6, 6.07) is 0. The van der Waals surface area contributed by atoms with E-state index in [4.69, 9.17) is 5.11 Å². The Hall–Kier alpha value is -1.31. The van der Waals surface area contributed by atoms with Gasteiger partial charge in [0, 0.05) is 6.08 Å². The molecule has 2 rings (SSSR count). The predicted molar refractivity (Wildman–Crippen MR) is 87.1 cm³/mol. The van der Waals surface area contributed by atoms with Crippen LogP contribution in [0.3, 0.4) is 0 Å². The molecule has 0 heterocycles. The molecule has 0 radical (unpaired) electrons. The van der Waals surface area contributed by atoms with E-state index >= 15 is 0 Å². The van der Waals surface area contributed by atoms with Crippen LogP contribution in [0.15, 0.2) is 34.9 Å². The molecule has 21 heavy (non-hydrogen) atoms. The van der Waals surface area contributed by atoms with Crippen LogP contribution in [0.25, 0.3) is 0 Å². The maximum atomic E-state index is 10.6. The Labute approximate surface area is 128 Å². The summed E-state index contributed by atoms with van der Waals surface area (Å²) in [5, 5.41) is 8.74. The van der Waals surface area contributed by atoms with E-state index in [1.807, 2.05) is 13.0 Å². The van der Waals surface area contributed by atoms with Crippen molar-refractivity contribution in [2.75, 3.05) is 0 Å². The minimum absolute atomic E-state index is 0.332. The van der Waals surface area contributed by atoms with E-state index < -0.39 is 5.97 Å². The SMILES string of the molecule is CC(C=CCC1(C2=C(C)CCCC2(C)C)CC1)=CC(=O)O. The van der Waals surface area contributed by atoms with Gasteiger partial charge in [-0.3, -0.25) is 0 Å². The zero-order chi connectivity index (χ0) is 15.7. The minimum atomic E-state index is -0.870. The topological polar surface area (TPSA) is 37.3 Å². The zero-order valence-corrected chi connectivity index (χ0v) is 13.8. The second-order valence-corrected chi connectivity index (χ2v) is 7.51.